The molecule has 108 valence electrons. The minimum atomic E-state index is 0.0451. The van der Waals surface area contributed by atoms with E-state index in [0.717, 1.165) is 21.0 Å². The van der Waals surface area contributed by atoms with Crippen molar-refractivity contribution in [3.05, 3.63) is 70.1 Å². The molecule has 0 aliphatic rings. The first-order valence-corrected chi connectivity index (χ1v) is 7.35. The largest absolute Gasteiger partial charge is 0.509 e. The molecule has 1 heterocycles. The van der Waals surface area contributed by atoms with E-state index >= 15 is 0 Å². The summed E-state index contributed by atoms with van der Waals surface area (Å²) in [6.07, 6.45) is 1.63. The highest BCUT2D eigenvalue weighted by atomic mass is 32.1. The number of aliphatic imine (C=N–C) groups is 1. The highest BCUT2D eigenvalue weighted by Crippen LogP contribution is 2.25. The fraction of sp³-hybridized carbons (Fsp3) is 0.118. The number of aliphatic hydroxyl groups is 1. The summed E-state index contributed by atoms with van der Waals surface area (Å²) in [4.78, 5) is 6.36. The highest BCUT2D eigenvalue weighted by molar-refractivity contribution is 7.15. The molecular weight excluding hydrogens is 280 g/mol. The van der Waals surface area contributed by atoms with Crippen molar-refractivity contribution in [1.29, 1.82) is 0 Å². The summed E-state index contributed by atoms with van der Waals surface area (Å²) in [5, 5.41) is 9.20. The summed E-state index contributed by atoms with van der Waals surface area (Å²) in [5.74, 6) is 0.537. The molecular formula is C17H18N2OS. The van der Waals surface area contributed by atoms with Crippen LogP contribution >= 0.6 is 11.3 Å². The molecule has 4 heteroatoms. The van der Waals surface area contributed by atoms with E-state index in [1.807, 2.05) is 50.2 Å². The van der Waals surface area contributed by atoms with Crippen molar-refractivity contribution >= 4 is 28.4 Å². The predicted molar refractivity (Wildman–Crippen MR) is 91.3 cm³/mol. The third-order valence-electron chi connectivity index (χ3n) is 2.91. The normalized spacial score (nSPS) is 12.5. The Kier molecular flexibility index (Phi) is 4.60. The summed E-state index contributed by atoms with van der Waals surface area (Å²) >= 11 is 1.54. The first-order chi connectivity index (χ1) is 9.95. The maximum Gasteiger partial charge on any atom is 0.141 e. The van der Waals surface area contributed by atoms with Gasteiger partial charge in [0.25, 0.3) is 0 Å². The van der Waals surface area contributed by atoms with Gasteiger partial charge in [0.1, 0.15) is 11.6 Å². The standard InChI is InChI=1S/C17H18N2OS/c1-11-4-6-14(7-5-11)19-17(18)16-9-8-15(21-16)12(2)10-13(3)20/h4-10,20H,3H2,1-2H3,(H2,18,19)/b12-10+. The summed E-state index contributed by atoms with van der Waals surface area (Å²) < 4.78 is 0. The van der Waals surface area contributed by atoms with Gasteiger partial charge in [-0.25, -0.2) is 4.99 Å². The molecule has 3 N–H and O–H groups in total. The van der Waals surface area contributed by atoms with E-state index < -0.39 is 0 Å². The second-order valence-corrected chi connectivity index (χ2v) is 5.90. The van der Waals surface area contributed by atoms with E-state index in [9.17, 15) is 5.11 Å². The number of hydrogen-bond donors (Lipinski definition) is 2. The van der Waals surface area contributed by atoms with Crippen LogP contribution in [0.2, 0.25) is 0 Å². The van der Waals surface area contributed by atoms with Crippen LogP contribution in [0, 0.1) is 6.92 Å². The Labute approximate surface area is 128 Å². The highest BCUT2D eigenvalue weighted by Gasteiger charge is 2.06. The second-order valence-electron chi connectivity index (χ2n) is 4.82. The average Bonchev–Trinajstić information content (AvgIpc) is 2.90. The molecule has 0 spiro atoms. The summed E-state index contributed by atoms with van der Waals surface area (Å²) in [6.45, 7) is 7.42. The number of rotatable bonds is 4. The molecule has 0 aliphatic carbocycles. The number of allylic oxidation sites excluding steroid dienone is 2. The fourth-order valence-electron chi connectivity index (χ4n) is 1.82. The first kappa shape index (κ1) is 15.1. The minimum absolute atomic E-state index is 0.0451. The van der Waals surface area contributed by atoms with E-state index in [0.29, 0.717) is 5.84 Å². The van der Waals surface area contributed by atoms with Gasteiger partial charge in [-0.05, 0) is 49.8 Å². The van der Waals surface area contributed by atoms with Crippen LogP contribution in [-0.4, -0.2) is 10.9 Å². The Hall–Kier alpha value is -2.33. The molecule has 0 fully saturated rings. The van der Waals surface area contributed by atoms with Crippen LogP contribution in [0.3, 0.4) is 0 Å². The van der Waals surface area contributed by atoms with Crippen LogP contribution in [0.4, 0.5) is 5.69 Å². The molecule has 3 nitrogen and oxygen atoms in total. The number of aryl methyl sites for hydroxylation is 1. The number of hydrogen-bond acceptors (Lipinski definition) is 3. The Morgan fingerprint density at radius 3 is 2.43 bits per heavy atom. The number of aliphatic hydroxyl groups excluding tert-OH is 1. The molecule has 2 rings (SSSR count). The van der Waals surface area contributed by atoms with Gasteiger partial charge < -0.3 is 10.8 Å². The lowest BCUT2D eigenvalue weighted by atomic mass is 10.2. The Morgan fingerprint density at radius 2 is 1.81 bits per heavy atom. The van der Waals surface area contributed by atoms with Gasteiger partial charge in [0.05, 0.1) is 10.6 Å². The second kappa shape index (κ2) is 6.41. The Morgan fingerprint density at radius 1 is 1.19 bits per heavy atom. The topological polar surface area (TPSA) is 58.6 Å². The van der Waals surface area contributed by atoms with Gasteiger partial charge in [-0.1, -0.05) is 24.3 Å². The predicted octanol–water partition coefficient (Wildman–Crippen LogP) is 4.57. The SMILES string of the molecule is C=C(O)/C=C(\C)c1ccc(C(N)=Nc2ccc(C)cc2)s1. The van der Waals surface area contributed by atoms with Crippen molar-refractivity contribution in [3.63, 3.8) is 0 Å². The van der Waals surface area contributed by atoms with Gasteiger partial charge in [-0.3, -0.25) is 0 Å². The van der Waals surface area contributed by atoms with Gasteiger partial charge >= 0.3 is 0 Å². The molecule has 0 amide bonds. The number of amidine groups is 1. The van der Waals surface area contributed by atoms with Gasteiger partial charge in [0.15, 0.2) is 0 Å². The molecule has 0 radical (unpaired) electrons. The minimum Gasteiger partial charge on any atom is -0.509 e. The maximum atomic E-state index is 9.20. The van der Waals surface area contributed by atoms with Crippen LogP contribution in [0.5, 0.6) is 0 Å². The lowest BCUT2D eigenvalue weighted by Crippen LogP contribution is -2.10. The molecule has 0 aliphatic heterocycles. The molecule has 2 aromatic rings. The average molecular weight is 298 g/mol. The quantitative estimate of drug-likeness (QED) is 0.376. The monoisotopic (exact) mass is 298 g/mol. The van der Waals surface area contributed by atoms with Gasteiger partial charge in [-0.15, -0.1) is 11.3 Å². The summed E-state index contributed by atoms with van der Waals surface area (Å²) in [6, 6.07) is 11.8. The maximum absolute atomic E-state index is 9.20. The lowest BCUT2D eigenvalue weighted by molar-refractivity contribution is 0.435. The van der Waals surface area contributed by atoms with Crippen molar-refractivity contribution in [2.24, 2.45) is 10.7 Å². The summed E-state index contributed by atoms with van der Waals surface area (Å²) in [7, 11) is 0. The van der Waals surface area contributed by atoms with Gasteiger partial charge in [-0.2, -0.15) is 0 Å². The van der Waals surface area contributed by atoms with E-state index in [1.54, 1.807) is 6.08 Å². The van der Waals surface area contributed by atoms with Crippen molar-refractivity contribution in [2.75, 3.05) is 0 Å². The zero-order valence-electron chi connectivity index (χ0n) is 12.1. The zero-order chi connectivity index (χ0) is 15.4. The van der Waals surface area contributed by atoms with Crippen LogP contribution in [-0.2, 0) is 0 Å². The summed E-state index contributed by atoms with van der Waals surface area (Å²) in [5.41, 5.74) is 9.03. The van der Waals surface area contributed by atoms with Gasteiger partial charge in [0.2, 0.25) is 0 Å². The molecule has 1 aromatic carbocycles. The number of nitrogens with zero attached hydrogens (tertiary/aromatic N) is 1. The Bertz CT molecular complexity index is 709. The molecule has 21 heavy (non-hydrogen) atoms. The van der Waals surface area contributed by atoms with Crippen molar-refractivity contribution in [1.82, 2.24) is 0 Å². The van der Waals surface area contributed by atoms with E-state index in [2.05, 4.69) is 11.6 Å². The third kappa shape index (κ3) is 4.07. The third-order valence-corrected chi connectivity index (χ3v) is 4.16. The van der Waals surface area contributed by atoms with Crippen LogP contribution in [0.15, 0.2) is 59.8 Å². The molecule has 0 atom stereocenters. The van der Waals surface area contributed by atoms with Crippen LogP contribution in [0.1, 0.15) is 22.2 Å². The fourth-order valence-corrected chi connectivity index (χ4v) is 2.70. The number of thiophene rings is 1. The molecule has 0 unspecified atom stereocenters. The molecule has 0 saturated heterocycles. The molecule has 0 saturated carbocycles. The van der Waals surface area contributed by atoms with Crippen molar-refractivity contribution in [3.8, 4) is 0 Å². The van der Waals surface area contributed by atoms with Crippen molar-refractivity contribution < 1.29 is 5.11 Å². The molecule has 1 aromatic heterocycles. The zero-order valence-corrected chi connectivity index (χ0v) is 12.9. The number of nitrogens with two attached hydrogens (primary N) is 1. The first-order valence-electron chi connectivity index (χ1n) is 6.53. The number of benzene rings is 1. The van der Waals surface area contributed by atoms with E-state index in [-0.39, 0.29) is 5.76 Å². The van der Waals surface area contributed by atoms with Crippen LogP contribution in [0.25, 0.3) is 5.57 Å². The van der Waals surface area contributed by atoms with E-state index in [4.69, 9.17) is 5.73 Å². The lowest BCUT2D eigenvalue weighted by Gasteiger charge is -1.99. The van der Waals surface area contributed by atoms with E-state index in [1.165, 1.54) is 16.9 Å². The Balaban J connectivity index is 2.24. The van der Waals surface area contributed by atoms with Gasteiger partial charge in [0, 0.05) is 4.88 Å². The van der Waals surface area contributed by atoms with Crippen LogP contribution < -0.4 is 5.73 Å². The molecule has 0 bridgehead atoms. The van der Waals surface area contributed by atoms with Crippen molar-refractivity contribution in [2.45, 2.75) is 13.8 Å². The smallest absolute Gasteiger partial charge is 0.141 e.